The number of nitrogens with one attached hydrogen (secondary N) is 1. The third kappa shape index (κ3) is 4.26. The SMILES string of the molecule is Cc1ccccc1S(=O)(=O)O.FNC1CC1. The number of aryl methyl sites for hydroxylation is 1. The molecule has 1 saturated carbocycles. The van der Waals surface area contributed by atoms with Gasteiger partial charge in [0.05, 0.1) is 4.90 Å². The highest BCUT2D eigenvalue weighted by atomic mass is 32.2. The number of rotatable bonds is 2. The Kier molecular flexibility index (Phi) is 4.40. The summed E-state index contributed by atoms with van der Waals surface area (Å²) >= 11 is 0. The van der Waals surface area contributed by atoms with Crippen LogP contribution in [0.2, 0.25) is 0 Å². The summed E-state index contributed by atoms with van der Waals surface area (Å²) in [6.07, 6.45) is 2.05. The van der Waals surface area contributed by atoms with Crippen LogP contribution in [0.1, 0.15) is 18.4 Å². The van der Waals surface area contributed by atoms with Crippen LogP contribution in [0.4, 0.5) is 4.48 Å². The first kappa shape index (κ1) is 13.1. The van der Waals surface area contributed by atoms with Gasteiger partial charge < -0.3 is 0 Å². The Morgan fingerprint density at radius 3 is 2.19 bits per heavy atom. The van der Waals surface area contributed by atoms with Crippen molar-refractivity contribution in [1.29, 1.82) is 0 Å². The first-order valence-electron chi connectivity index (χ1n) is 4.84. The number of benzene rings is 1. The zero-order chi connectivity index (χ0) is 12.2. The van der Waals surface area contributed by atoms with Crippen molar-refractivity contribution >= 4 is 10.1 Å². The molecule has 4 nitrogen and oxygen atoms in total. The quantitative estimate of drug-likeness (QED) is 0.618. The molecule has 16 heavy (non-hydrogen) atoms. The van der Waals surface area contributed by atoms with Crippen molar-refractivity contribution in [3.8, 4) is 0 Å². The Balaban J connectivity index is 0.000000212. The molecule has 90 valence electrons. The van der Waals surface area contributed by atoms with E-state index in [9.17, 15) is 12.9 Å². The normalized spacial score (nSPS) is 15.2. The molecule has 0 unspecified atom stereocenters. The molecule has 0 aliphatic heterocycles. The topological polar surface area (TPSA) is 66.4 Å². The molecule has 1 fully saturated rings. The number of halogens is 1. The minimum absolute atomic E-state index is 0.0278. The maximum absolute atomic E-state index is 10.9. The third-order valence-corrected chi connectivity index (χ3v) is 3.12. The standard InChI is InChI=1S/C7H8O3S.C3H6FN/c1-6-4-2-3-5-7(6)11(8,9)10;4-5-3-1-2-3/h2-5H,1H3,(H,8,9,10);3,5H,1-2H2. The largest absolute Gasteiger partial charge is 0.294 e. The van der Waals surface area contributed by atoms with Crippen LogP contribution >= 0.6 is 0 Å². The van der Waals surface area contributed by atoms with E-state index < -0.39 is 10.1 Å². The molecular formula is C10H14FNO3S. The van der Waals surface area contributed by atoms with Gasteiger partial charge in [0.2, 0.25) is 0 Å². The minimum atomic E-state index is -4.03. The van der Waals surface area contributed by atoms with Crippen molar-refractivity contribution in [3.63, 3.8) is 0 Å². The lowest BCUT2D eigenvalue weighted by molar-refractivity contribution is 0.328. The van der Waals surface area contributed by atoms with Gasteiger partial charge in [-0.2, -0.15) is 14.0 Å². The highest BCUT2D eigenvalue weighted by Gasteiger charge is 2.19. The average molecular weight is 247 g/mol. The summed E-state index contributed by atoms with van der Waals surface area (Å²) in [4.78, 5) is -0.0278. The number of hydrogen-bond acceptors (Lipinski definition) is 3. The van der Waals surface area contributed by atoms with Gasteiger partial charge in [0.15, 0.2) is 0 Å². The molecule has 6 heteroatoms. The fourth-order valence-corrected chi connectivity index (χ4v) is 1.76. The van der Waals surface area contributed by atoms with E-state index in [0.29, 0.717) is 5.56 Å². The van der Waals surface area contributed by atoms with Gasteiger partial charge in [0.25, 0.3) is 10.1 Å². The fourth-order valence-electron chi connectivity index (χ4n) is 1.04. The maximum atomic E-state index is 10.9. The summed E-state index contributed by atoms with van der Waals surface area (Å²) in [6, 6.07) is 6.49. The van der Waals surface area contributed by atoms with E-state index in [1.807, 2.05) is 0 Å². The van der Waals surface area contributed by atoms with Gasteiger partial charge in [-0.25, -0.2) is 0 Å². The second kappa shape index (κ2) is 5.38. The van der Waals surface area contributed by atoms with E-state index in [1.54, 1.807) is 30.7 Å². The van der Waals surface area contributed by atoms with Gasteiger partial charge in [-0.3, -0.25) is 4.55 Å². The van der Waals surface area contributed by atoms with Gasteiger partial charge in [-0.05, 0) is 31.4 Å². The summed E-state index contributed by atoms with van der Waals surface area (Å²) in [6.45, 7) is 1.63. The lowest BCUT2D eigenvalue weighted by Gasteiger charge is -1.99. The first-order valence-corrected chi connectivity index (χ1v) is 6.28. The lowest BCUT2D eigenvalue weighted by atomic mass is 10.2. The molecule has 1 aliphatic carbocycles. The van der Waals surface area contributed by atoms with E-state index >= 15 is 0 Å². The van der Waals surface area contributed by atoms with Crippen LogP contribution in [0.25, 0.3) is 0 Å². The molecule has 0 heterocycles. The predicted molar refractivity (Wildman–Crippen MR) is 58.3 cm³/mol. The van der Waals surface area contributed by atoms with Gasteiger partial charge in [-0.1, -0.05) is 18.2 Å². The Bertz CT molecular complexity index is 443. The molecule has 0 amide bonds. The van der Waals surface area contributed by atoms with Crippen molar-refractivity contribution in [1.82, 2.24) is 5.54 Å². The van der Waals surface area contributed by atoms with E-state index in [0.717, 1.165) is 12.8 Å². The molecule has 2 rings (SSSR count). The molecule has 1 aromatic carbocycles. The molecule has 1 aliphatic rings. The minimum Gasteiger partial charge on any atom is -0.282 e. The van der Waals surface area contributed by atoms with Gasteiger partial charge in [0, 0.05) is 6.04 Å². The number of hydrogen-bond donors (Lipinski definition) is 2. The van der Waals surface area contributed by atoms with Crippen LogP contribution in [0, 0.1) is 6.92 Å². The molecule has 0 radical (unpaired) electrons. The molecule has 0 saturated heterocycles. The Hall–Kier alpha value is -0.980. The smallest absolute Gasteiger partial charge is 0.282 e. The molecular weight excluding hydrogens is 233 g/mol. The van der Waals surface area contributed by atoms with Crippen molar-refractivity contribution in [2.45, 2.75) is 30.7 Å². The average Bonchev–Trinajstić information content (AvgIpc) is 3.00. The lowest BCUT2D eigenvalue weighted by Crippen LogP contribution is -1.99. The summed E-state index contributed by atoms with van der Waals surface area (Å²) in [5.41, 5.74) is 2.19. The molecule has 0 spiro atoms. The molecule has 1 aromatic rings. The van der Waals surface area contributed by atoms with Gasteiger partial charge >= 0.3 is 0 Å². The Morgan fingerprint density at radius 2 is 1.94 bits per heavy atom. The van der Waals surface area contributed by atoms with Crippen molar-refractivity contribution in [2.24, 2.45) is 0 Å². The van der Waals surface area contributed by atoms with E-state index in [1.165, 1.54) is 6.07 Å². The van der Waals surface area contributed by atoms with Crippen molar-refractivity contribution < 1.29 is 17.5 Å². The van der Waals surface area contributed by atoms with Crippen molar-refractivity contribution in [2.75, 3.05) is 0 Å². The fraction of sp³-hybridized carbons (Fsp3) is 0.400. The van der Waals surface area contributed by atoms with Crippen LogP contribution in [-0.4, -0.2) is 19.0 Å². The van der Waals surface area contributed by atoms with Gasteiger partial charge in [-0.15, -0.1) is 4.48 Å². The van der Waals surface area contributed by atoms with Crippen LogP contribution in [0.15, 0.2) is 29.2 Å². The van der Waals surface area contributed by atoms with E-state index in [4.69, 9.17) is 4.55 Å². The Morgan fingerprint density at radius 1 is 1.38 bits per heavy atom. The van der Waals surface area contributed by atoms with Crippen LogP contribution in [0.3, 0.4) is 0 Å². The highest BCUT2D eigenvalue weighted by Crippen LogP contribution is 2.17. The zero-order valence-corrected chi connectivity index (χ0v) is 9.67. The first-order chi connectivity index (χ1) is 7.45. The van der Waals surface area contributed by atoms with Crippen LogP contribution < -0.4 is 5.54 Å². The van der Waals surface area contributed by atoms with Gasteiger partial charge in [0.1, 0.15) is 0 Å². The summed E-state index contributed by atoms with van der Waals surface area (Å²) in [7, 11) is -4.03. The maximum Gasteiger partial charge on any atom is 0.294 e. The molecule has 0 bridgehead atoms. The molecule has 2 N–H and O–H groups in total. The summed E-state index contributed by atoms with van der Waals surface area (Å²) in [5.74, 6) is 0. The molecule has 0 aromatic heterocycles. The summed E-state index contributed by atoms with van der Waals surface area (Å²) < 4.78 is 40.8. The van der Waals surface area contributed by atoms with Crippen molar-refractivity contribution in [3.05, 3.63) is 29.8 Å². The van der Waals surface area contributed by atoms with E-state index in [-0.39, 0.29) is 10.9 Å². The highest BCUT2D eigenvalue weighted by molar-refractivity contribution is 7.85. The zero-order valence-electron chi connectivity index (χ0n) is 8.85. The monoisotopic (exact) mass is 247 g/mol. The van der Waals surface area contributed by atoms with Crippen LogP contribution in [0.5, 0.6) is 0 Å². The van der Waals surface area contributed by atoms with Crippen LogP contribution in [-0.2, 0) is 10.1 Å². The van der Waals surface area contributed by atoms with E-state index in [2.05, 4.69) is 0 Å². The summed E-state index contributed by atoms with van der Waals surface area (Å²) in [5, 5.41) is 0. The second-order valence-corrected chi connectivity index (χ2v) is 5.01. The third-order valence-electron chi connectivity index (χ3n) is 2.10. The Labute approximate surface area is 94.2 Å². The molecule has 0 atom stereocenters. The predicted octanol–water partition coefficient (Wildman–Crippen LogP) is 1.86. The second-order valence-electron chi connectivity index (χ2n) is 3.62.